The maximum absolute atomic E-state index is 13.3. The first-order valence-electron chi connectivity index (χ1n) is 9.11. The first-order chi connectivity index (χ1) is 14.7. The van der Waals surface area contributed by atoms with Crippen LogP contribution in [-0.2, 0) is 22.2 Å². The van der Waals surface area contributed by atoms with E-state index in [1.165, 1.54) is 0 Å². The third-order valence-electron chi connectivity index (χ3n) is 4.44. The molecule has 0 aliphatic carbocycles. The van der Waals surface area contributed by atoms with E-state index in [2.05, 4.69) is 5.32 Å². The predicted octanol–water partition coefficient (Wildman–Crippen LogP) is 3.83. The van der Waals surface area contributed by atoms with Crippen molar-refractivity contribution in [3.63, 3.8) is 0 Å². The molecule has 0 saturated carbocycles. The number of carbonyl (C=O) groups is 3. The van der Waals surface area contributed by atoms with Gasteiger partial charge in [0.05, 0.1) is 5.56 Å². The van der Waals surface area contributed by atoms with Crippen LogP contribution in [0.15, 0.2) is 66.7 Å². The van der Waals surface area contributed by atoms with Crippen molar-refractivity contribution < 1.29 is 27.6 Å². The molecule has 160 valence electrons. The smallest absolute Gasteiger partial charge is 0.363 e. The van der Waals surface area contributed by atoms with E-state index in [1.54, 1.807) is 60.7 Å². The summed E-state index contributed by atoms with van der Waals surface area (Å²) < 4.78 is 39.9. The molecule has 2 amide bonds. The van der Waals surface area contributed by atoms with Gasteiger partial charge in [-0.05, 0) is 17.2 Å². The summed E-state index contributed by atoms with van der Waals surface area (Å²) in [6.45, 7) is 0. The summed E-state index contributed by atoms with van der Waals surface area (Å²) in [6.07, 6.45) is -4.68. The highest BCUT2D eigenvalue weighted by molar-refractivity contribution is 7.16. The van der Waals surface area contributed by atoms with Gasteiger partial charge in [0.2, 0.25) is 5.78 Å². The van der Waals surface area contributed by atoms with E-state index in [9.17, 15) is 27.6 Å². The average molecular weight is 446 g/mol. The number of halogens is 3. The molecule has 0 radical (unpaired) electrons. The Hall–Kier alpha value is -3.46. The molecule has 3 aromatic rings. The average Bonchev–Trinajstić information content (AvgIpc) is 3.20. The number of nitrogens with two attached hydrogens (primary N) is 1. The second-order valence-electron chi connectivity index (χ2n) is 6.66. The standard InChI is InChI=1S/C22H17F3N2O3S/c23-22(24,25)17-12-15(19(31-17)14-9-5-2-6-10-14)21(30)27-16(18(28)20(26)29)11-13-7-3-1-4-8-13/h1-10,12,16H,11H2,(H2,26,29)(H,27,30). The lowest BCUT2D eigenvalue weighted by Crippen LogP contribution is -2.47. The number of ketones is 1. The van der Waals surface area contributed by atoms with Crippen LogP contribution >= 0.6 is 11.3 Å². The van der Waals surface area contributed by atoms with Crippen LogP contribution in [0.2, 0.25) is 0 Å². The van der Waals surface area contributed by atoms with Crippen molar-refractivity contribution in [3.8, 4) is 10.4 Å². The summed E-state index contributed by atoms with van der Waals surface area (Å²) in [4.78, 5) is 35.8. The first-order valence-corrected chi connectivity index (χ1v) is 9.93. The zero-order valence-corrected chi connectivity index (χ0v) is 16.8. The van der Waals surface area contributed by atoms with E-state index in [0.717, 1.165) is 6.07 Å². The van der Waals surface area contributed by atoms with E-state index in [1.807, 2.05) is 0 Å². The maximum atomic E-state index is 13.3. The third-order valence-corrected chi connectivity index (χ3v) is 5.67. The van der Waals surface area contributed by atoms with Crippen LogP contribution < -0.4 is 11.1 Å². The fourth-order valence-electron chi connectivity index (χ4n) is 2.97. The second kappa shape index (κ2) is 9.13. The van der Waals surface area contributed by atoms with Crippen LogP contribution in [0.3, 0.4) is 0 Å². The Morgan fingerprint density at radius 3 is 2.10 bits per heavy atom. The summed E-state index contributed by atoms with van der Waals surface area (Å²) in [6, 6.07) is 16.1. The second-order valence-corrected chi connectivity index (χ2v) is 7.71. The number of hydrogen-bond acceptors (Lipinski definition) is 4. The van der Waals surface area contributed by atoms with Crippen LogP contribution in [0.25, 0.3) is 10.4 Å². The van der Waals surface area contributed by atoms with Gasteiger partial charge < -0.3 is 11.1 Å². The Balaban J connectivity index is 1.97. The molecular formula is C22H17F3N2O3S. The van der Waals surface area contributed by atoms with E-state index < -0.39 is 34.7 Å². The molecule has 0 aliphatic heterocycles. The Labute approximate surface area is 179 Å². The Bertz CT molecular complexity index is 1100. The molecule has 3 N–H and O–H groups in total. The van der Waals surface area contributed by atoms with E-state index in [-0.39, 0.29) is 16.9 Å². The number of primary amides is 1. The summed E-state index contributed by atoms with van der Waals surface area (Å²) >= 11 is 0.431. The van der Waals surface area contributed by atoms with Crippen LogP contribution in [-0.4, -0.2) is 23.6 Å². The third kappa shape index (κ3) is 5.37. The van der Waals surface area contributed by atoms with Gasteiger partial charge in [-0.25, -0.2) is 0 Å². The number of carbonyl (C=O) groups excluding carboxylic acids is 3. The normalized spacial score (nSPS) is 12.2. The molecule has 31 heavy (non-hydrogen) atoms. The highest BCUT2D eigenvalue weighted by Gasteiger charge is 2.36. The van der Waals surface area contributed by atoms with E-state index >= 15 is 0 Å². The minimum Gasteiger partial charge on any atom is -0.363 e. The van der Waals surface area contributed by atoms with Crippen LogP contribution in [0.4, 0.5) is 13.2 Å². The number of benzene rings is 2. The number of thiophene rings is 1. The molecule has 0 bridgehead atoms. The number of hydrogen-bond donors (Lipinski definition) is 2. The van der Waals surface area contributed by atoms with E-state index in [0.29, 0.717) is 22.5 Å². The van der Waals surface area contributed by atoms with Crippen molar-refractivity contribution in [2.45, 2.75) is 18.6 Å². The van der Waals surface area contributed by atoms with Crippen LogP contribution in [0.1, 0.15) is 20.8 Å². The molecule has 0 aliphatic rings. The molecule has 1 unspecified atom stereocenters. The maximum Gasteiger partial charge on any atom is 0.425 e. The molecular weight excluding hydrogens is 429 g/mol. The van der Waals surface area contributed by atoms with Crippen LogP contribution in [0.5, 0.6) is 0 Å². The highest BCUT2D eigenvalue weighted by atomic mass is 32.1. The van der Waals surface area contributed by atoms with Gasteiger partial charge in [0.1, 0.15) is 10.9 Å². The van der Waals surface area contributed by atoms with Crippen molar-refractivity contribution in [2.24, 2.45) is 5.73 Å². The molecule has 0 saturated heterocycles. The molecule has 5 nitrogen and oxygen atoms in total. The fraction of sp³-hybridized carbons (Fsp3) is 0.136. The van der Waals surface area contributed by atoms with Crippen LogP contribution in [0, 0.1) is 0 Å². The molecule has 3 rings (SSSR count). The van der Waals surface area contributed by atoms with Crippen molar-refractivity contribution in [3.05, 3.63) is 82.7 Å². The quantitative estimate of drug-likeness (QED) is 0.541. The van der Waals surface area contributed by atoms with Gasteiger partial charge in [0, 0.05) is 11.3 Å². The lowest BCUT2D eigenvalue weighted by molar-refractivity contribution is -0.137. The van der Waals surface area contributed by atoms with Gasteiger partial charge in [-0.1, -0.05) is 60.7 Å². The monoisotopic (exact) mass is 446 g/mol. The molecule has 0 spiro atoms. The minimum atomic E-state index is -4.64. The summed E-state index contributed by atoms with van der Waals surface area (Å²) in [5.41, 5.74) is 5.93. The lowest BCUT2D eigenvalue weighted by atomic mass is 10.0. The lowest BCUT2D eigenvalue weighted by Gasteiger charge is -2.16. The van der Waals surface area contributed by atoms with Gasteiger partial charge in [-0.15, -0.1) is 11.3 Å². The van der Waals surface area contributed by atoms with Gasteiger partial charge in [0.15, 0.2) is 0 Å². The summed E-state index contributed by atoms with van der Waals surface area (Å²) in [7, 11) is 0. The molecule has 1 heterocycles. The zero-order valence-electron chi connectivity index (χ0n) is 16.0. The molecule has 0 fully saturated rings. The number of nitrogens with one attached hydrogen (secondary N) is 1. The van der Waals surface area contributed by atoms with Crippen molar-refractivity contribution in [2.75, 3.05) is 0 Å². The molecule has 2 aromatic carbocycles. The van der Waals surface area contributed by atoms with Crippen molar-refractivity contribution >= 4 is 28.9 Å². The Morgan fingerprint density at radius 2 is 1.55 bits per heavy atom. The van der Waals surface area contributed by atoms with Crippen molar-refractivity contribution in [1.82, 2.24) is 5.32 Å². The summed E-state index contributed by atoms with van der Waals surface area (Å²) in [5, 5.41) is 2.39. The fourth-order valence-corrected chi connectivity index (χ4v) is 4.00. The number of Topliss-reactive ketones (excluding diaryl/α,β-unsaturated/α-hetero) is 1. The highest BCUT2D eigenvalue weighted by Crippen LogP contribution is 2.41. The Kier molecular flexibility index (Phi) is 6.55. The predicted molar refractivity (Wildman–Crippen MR) is 110 cm³/mol. The van der Waals surface area contributed by atoms with Gasteiger partial charge in [-0.3, -0.25) is 14.4 Å². The number of amides is 2. The first kappa shape index (κ1) is 22.2. The Morgan fingerprint density at radius 1 is 0.968 bits per heavy atom. The van der Waals surface area contributed by atoms with Gasteiger partial charge in [-0.2, -0.15) is 13.2 Å². The van der Waals surface area contributed by atoms with Gasteiger partial charge >= 0.3 is 6.18 Å². The minimum absolute atomic E-state index is 0.0364. The van der Waals surface area contributed by atoms with Gasteiger partial charge in [0.25, 0.3) is 11.8 Å². The molecule has 1 atom stereocenters. The summed E-state index contributed by atoms with van der Waals surface area (Å²) in [5.74, 6) is -3.18. The molecule has 9 heteroatoms. The largest absolute Gasteiger partial charge is 0.425 e. The van der Waals surface area contributed by atoms with Crippen molar-refractivity contribution in [1.29, 1.82) is 0 Å². The van der Waals surface area contributed by atoms with E-state index in [4.69, 9.17) is 5.73 Å². The zero-order chi connectivity index (χ0) is 22.6. The SMILES string of the molecule is NC(=O)C(=O)C(Cc1ccccc1)NC(=O)c1cc(C(F)(F)F)sc1-c1ccccc1. The number of alkyl halides is 3. The molecule has 1 aromatic heterocycles. The topological polar surface area (TPSA) is 89.3 Å². The number of rotatable bonds is 7.